The van der Waals surface area contributed by atoms with Gasteiger partial charge in [0.05, 0.1) is 5.69 Å². The van der Waals surface area contributed by atoms with Crippen LogP contribution >= 0.6 is 11.3 Å². The van der Waals surface area contributed by atoms with E-state index in [1.807, 2.05) is 5.38 Å². The maximum atomic E-state index is 11.2. The Hall–Kier alpha value is -0.940. The fourth-order valence-corrected chi connectivity index (χ4v) is 2.99. The first-order valence-electron chi connectivity index (χ1n) is 5.75. The Bertz CT molecular complexity index is 358. The maximum absolute atomic E-state index is 11.2. The average Bonchev–Trinajstić information content (AvgIpc) is 2.78. The third-order valence-corrected chi connectivity index (χ3v) is 3.99. The molecule has 1 aromatic rings. The highest BCUT2D eigenvalue weighted by molar-refractivity contribution is 7.11. The second-order valence-corrected chi connectivity index (χ2v) is 5.18. The molecule has 2 rings (SSSR count). The number of carbonyl (C=O) groups is 1. The predicted octanol–water partition coefficient (Wildman–Crippen LogP) is 1.87. The van der Waals surface area contributed by atoms with Gasteiger partial charge in [0.1, 0.15) is 0 Å². The van der Waals surface area contributed by atoms with Gasteiger partial charge in [-0.25, -0.2) is 10.8 Å². The molecule has 0 radical (unpaired) electrons. The van der Waals surface area contributed by atoms with Crippen LogP contribution in [0, 0.1) is 5.92 Å². The summed E-state index contributed by atoms with van der Waals surface area (Å²) in [5.74, 6) is 5.53. The number of hydrogen-bond acceptors (Lipinski definition) is 4. The zero-order valence-corrected chi connectivity index (χ0v) is 10.1. The van der Waals surface area contributed by atoms with Gasteiger partial charge in [0.15, 0.2) is 5.01 Å². The first-order valence-corrected chi connectivity index (χ1v) is 6.63. The third-order valence-electron chi connectivity index (χ3n) is 3.10. The second kappa shape index (κ2) is 5.41. The van der Waals surface area contributed by atoms with Crippen LogP contribution in [0.3, 0.4) is 0 Å². The van der Waals surface area contributed by atoms with Gasteiger partial charge >= 0.3 is 0 Å². The predicted molar refractivity (Wildman–Crippen MR) is 64.0 cm³/mol. The number of hydrazine groups is 1. The molecule has 1 aromatic heterocycles. The Kier molecular flexibility index (Phi) is 3.90. The van der Waals surface area contributed by atoms with Crippen LogP contribution in [0.2, 0.25) is 0 Å². The van der Waals surface area contributed by atoms with E-state index in [0.717, 1.165) is 18.0 Å². The van der Waals surface area contributed by atoms with E-state index in [9.17, 15) is 4.79 Å². The Morgan fingerprint density at radius 2 is 2.25 bits per heavy atom. The number of nitrogens with two attached hydrogens (primary N) is 1. The molecule has 0 unspecified atom stereocenters. The third kappa shape index (κ3) is 2.80. The molecular weight excluding hydrogens is 222 g/mol. The van der Waals surface area contributed by atoms with E-state index in [-0.39, 0.29) is 5.91 Å². The smallest absolute Gasteiger partial charge is 0.288 e. The molecule has 0 atom stereocenters. The molecule has 0 aromatic carbocycles. The Morgan fingerprint density at radius 1 is 1.50 bits per heavy atom. The van der Waals surface area contributed by atoms with E-state index < -0.39 is 0 Å². The highest BCUT2D eigenvalue weighted by atomic mass is 32.1. The maximum Gasteiger partial charge on any atom is 0.294 e. The number of hydrogen-bond donors (Lipinski definition) is 2. The average molecular weight is 239 g/mol. The quantitative estimate of drug-likeness (QED) is 0.480. The fourth-order valence-electron chi connectivity index (χ4n) is 2.25. The van der Waals surface area contributed by atoms with Crippen LogP contribution in [-0.2, 0) is 6.42 Å². The van der Waals surface area contributed by atoms with Gasteiger partial charge in [-0.05, 0) is 12.3 Å². The largest absolute Gasteiger partial charge is 0.294 e. The monoisotopic (exact) mass is 239 g/mol. The van der Waals surface area contributed by atoms with Crippen LogP contribution in [0.5, 0.6) is 0 Å². The molecule has 1 fully saturated rings. The van der Waals surface area contributed by atoms with Crippen molar-refractivity contribution in [1.82, 2.24) is 10.4 Å². The summed E-state index contributed by atoms with van der Waals surface area (Å²) in [6.45, 7) is 0. The van der Waals surface area contributed by atoms with E-state index in [0.29, 0.717) is 5.01 Å². The molecule has 1 aliphatic rings. The van der Waals surface area contributed by atoms with Crippen molar-refractivity contribution in [1.29, 1.82) is 0 Å². The van der Waals surface area contributed by atoms with Crippen molar-refractivity contribution >= 4 is 17.2 Å². The molecule has 16 heavy (non-hydrogen) atoms. The molecule has 1 heterocycles. The summed E-state index contributed by atoms with van der Waals surface area (Å²) in [5.41, 5.74) is 3.14. The fraction of sp³-hybridized carbons (Fsp3) is 0.636. The van der Waals surface area contributed by atoms with E-state index in [4.69, 9.17) is 5.84 Å². The second-order valence-electron chi connectivity index (χ2n) is 4.33. The molecule has 0 saturated heterocycles. The number of aromatic nitrogens is 1. The molecule has 3 N–H and O–H groups in total. The summed E-state index contributed by atoms with van der Waals surface area (Å²) in [6.07, 6.45) is 7.66. The number of thiazole rings is 1. The van der Waals surface area contributed by atoms with Crippen molar-refractivity contribution in [3.05, 3.63) is 16.1 Å². The Labute approximate surface area is 99.2 Å². The van der Waals surface area contributed by atoms with Crippen LogP contribution in [0.4, 0.5) is 0 Å². The van der Waals surface area contributed by atoms with Gasteiger partial charge in [-0.2, -0.15) is 0 Å². The van der Waals surface area contributed by atoms with Crippen molar-refractivity contribution in [3.8, 4) is 0 Å². The van der Waals surface area contributed by atoms with E-state index in [2.05, 4.69) is 10.4 Å². The SMILES string of the molecule is NNC(=O)c1nc(CC2CCCCC2)cs1. The van der Waals surface area contributed by atoms with Crippen molar-refractivity contribution in [2.75, 3.05) is 0 Å². The lowest BCUT2D eigenvalue weighted by atomic mass is 9.86. The zero-order chi connectivity index (χ0) is 11.4. The first-order chi connectivity index (χ1) is 7.79. The molecule has 88 valence electrons. The minimum Gasteiger partial charge on any atom is -0.288 e. The van der Waals surface area contributed by atoms with E-state index in [1.165, 1.54) is 43.4 Å². The highest BCUT2D eigenvalue weighted by Crippen LogP contribution is 2.27. The highest BCUT2D eigenvalue weighted by Gasteiger charge is 2.16. The lowest BCUT2D eigenvalue weighted by Gasteiger charge is -2.20. The van der Waals surface area contributed by atoms with Gasteiger partial charge in [-0.15, -0.1) is 11.3 Å². The standard InChI is InChI=1S/C11H17N3OS/c12-14-10(15)11-13-9(7-16-11)6-8-4-2-1-3-5-8/h7-8H,1-6,12H2,(H,14,15). The molecule has 1 amide bonds. The molecule has 0 aliphatic heterocycles. The summed E-state index contributed by atoms with van der Waals surface area (Å²) in [5, 5.41) is 2.44. The van der Waals surface area contributed by atoms with Gasteiger partial charge in [-0.1, -0.05) is 32.1 Å². The van der Waals surface area contributed by atoms with Crippen LogP contribution in [0.15, 0.2) is 5.38 Å². The number of amides is 1. The van der Waals surface area contributed by atoms with Gasteiger partial charge in [0.25, 0.3) is 5.91 Å². The van der Waals surface area contributed by atoms with E-state index >= 15 is 0 Å². The first kappa shape index (κ1) is 11.5. The topological polar surface area (TPSA) is 68.0 Å². The molecule has 1 aliphatic carbocycles. The minimum absolute atomic E-state index is 0.292. The normalized spacial score (nSPS) is 17.3. The van der Waals surface area contributed by atoms with Crippen molar-refractivity contribution < 1.29 is 4.79 Å². The van der Waals surface area contributed by atoms with Gasteiger partial charge in [0, 0.05) is 5.38 Å². The Balaban J connectivity index is 1.94. The number of nitrogens with zero attached hydrogens (tertiary/aromatic N) is 1. The van der Waals surface area contributed by atoms with Crippen molar-refractivity contribution in [3.63, 3.8) is 0 Å². The van der Waals surface area contributed by atoms with Crippen LogP contribution in [0.25, 0.3) is 0 Å². The van der Waals surface area contributed by atoms with Crippen LogP contribution < -0.4 is 11.3 Å². The number of nitrogens with one attached hydrogen (secondary N) is 1. The van der Waals surface area contributed by atoms with Gasteiger partial charge in [0.2, 0.25) is 0 Å². The molecule has 5 heteroatoms. The lowest BCUT2D eigenvalue weighted by Crippen LogP contribution is -2.29. The summed E-state index contributed by atoms with van der Waals surface area (Å²) < 4.78 is 0. The Morgan fingerprint density at radius 3 is 2.94 bits per heavy atom. The number of nitrogen functional groups attached to an aromatic ring is 1. The minimum atomic E-state index is -0.292. The van der Waals surface area contributed by atoms with Crippen molar-refractivity contribution in [2.24, 2.45) is 11.8 Å². The molecular formula is C11H17N3OS. The molecule has 4 nitrogen and oxygen atoms in total. The van der Waals surface area contributed by atoms with Crippen LogP contribution in [0.1, 0.15) is 47.6 Å². The van der Waals surface area contributed by atoms with Crippen LogP contribution in [-0.4, -0.2) is 10.9 Å². The van der Waals surface area contributed by atoms with Gasteiger partial charge < -0.3 is 0 Å². The molecule has 1 saturated carbocycles. The van der Waals surface area contributed by atoms with Crippen molar-refractivity contribution in [2.45, 2.75) is 38.5 Å². The summed E-state index contributed by atoms with van der Waals surface area (Å²) in [4.78, 5) is 15.5. The summed E-state index contributed by atoms with van der Waals surface area (Å²) in [7, 11) is 0. The zero-order valence-electron chi connectivity index (χ0n) is 9.24. The number of rotatable bonds is 3. The molecule has 0 bridgehead atoms. The lowest BCUT2D eigenvalue weighted by molar-refractivity contribution is 0.0953. The summed E-state index contributed by atoms with van der Waals surface area (Å²) >= 11 is 1.37. The summed E-state index contributed by atoms with van der Waals surface area (Å²) in [6, 6.07) is 0. The number of carbonyl (C=O) groups excluding carboxylic acids is 1. The van der Waals surface area contributed by atoms with E-state index in [1.54, 1.807) is 0 Å². The van der Waals surface area contributed by atoms with Gasteiger partial charge in [-0.3, -0.25) is 10.2 Å². The molecule has 0 spiro atoms.